The van der Waals surface area contributed by atoms with E-state index in [1.54, 1.807) is 0 Å². The molecular formula is C46H90N4O2. The van der Waals surface area contributed by atoms with Gasteiger partial charge in [0.25, 0.3) is 0 Å². The molecule has 0 aromatic heterocycles. The zero-order valence-electron chi connectivity index (χ0n) is 35.0. The van der Waals surface area contributed by atoms with Crippen molar-refractivity contribution in [1.29, 1.82) is 0 Å². The van der Waals surface area contributed by atoms with Crippen molar-refractivity contribution in [3.8, 4) is 0 Å². The highest BCUT2D eigenvalue weighted by atomic mass is 16.2. The summed E-state index contributed by atoms with van der Waals surface area (Å²) in [4.78, 5) is 30.2. The van der Waals surface area contributed by atoms with E-state index in [0.29, 0.717) is 25.9 Å². The van der Waals surface area contributed by atoms with Gasteiger partial charge in [-0.05, 0) is 103 Å². The van der Waals surface area contributed by atoms with Gasteiger partial charge in [-0.15, -0.1) is 0 Å². The zero-order chi connectivity index (χ0) is 38.0. The van der Waals surface area contributed by atoms with Crippen molar-refractivity contribution in [2.75, 3.05) is 39.3 Å². The number of nitrogens with zero attached hydrogens (tertiary/aromatic N) is 2. The molecular weight excluding hydrogens is 641 g/mol. The molecule has 0 atom stereocenters. The molecule has 0 aromatic carbocycles. The van der Waals surface area contributed by atoms with Gasteiger partial charge in [0.05, 0.1) is 0 Å². The molecule has 0 fully saturated rings. The van der Waals surface area contributed by atoms with Crippen LogP contribution in [-0.2, 0) is 9.59 Å². The Kier molecular flexibility index (Phi) is 40.7. The number of rotatable bonds is 41. The maximum atomic E-state index is 13.1. The number of hydrogen-bond donors (Lipinski definition) is 2. The van der Waals surface area contributed by atoms with Gasteiger partial charge in [0.1, 0.15) is 0 Å². The fourth-order valence-electron chi connectivity index (χ4n) is 6.90. The molecule has 0 aliphatic heterocycles. The fourth-order valence-corrected chi connectivity index (χ4v) is 6.90. The average molecular weight is 731 g/mol. The topological polar surface area (TPSA) is 92.7 Å². The third-order valence-corrected chi connectivity index (χ3v) is 10.4. The smallest absolute Gasteiger partial charge is 0.222 e. The number of carbonyl (C=O) groups is 2. The predicted molar refractivity (Wildman–Crippen MR) is 229 cm³/mol. The molecule has 4 N–H and O–H groups in total. The molecule has 0 aromatic rings. The van der Waals surface area contributed by atoms with Crippen LogP contribution in [0.2, 0.25) is 0 Å². The van der Waals surface area contributed by atoms with Gasteiger partial charge < -0.3 is 21.3 Å². The lowest BCUT2D eigenvalue weighted by atomic mass is 10.1. The molecule has 6 heteroatoms. The number of amides is 2. The largest absolute Gasteiger partial charge is 0.343 e. The molecule has 2 amide bonds. The SMILES string of the molecule is CCCCCCCC/C=C\CCCCCCCC(=O)N(CCCN)CCCCN(CCCN)C(=O)CCCCCCC/C=C\CCCCCCCC. The minimum atomic E-state index is 0.270. The normalized spacial score (nSPS) is 11.7. The van der Waals surface area contributed by atoms with E-state index in [-0.39, 0.29) is 11.8 Å². The summed E-state index contributed by atoms with van der Waals surface area (Å²) < 4.78 is 0. The summed E-state index contributed by atoms with van der Waals surface area (Å²) in [6, 6.07) is 0. The molecule has 306 valence electrons. The van der Waals surface area contributed by atoms with Crippen LogP contribution >= 0.6 is 0 Å². The number of hydrogen-bond acceptors (Lipinski definition) is 4. The van der Waals surface area contributed by atoms with Gasteiger partial charge in [-0.2, -0.15) is 0 Å². The van der Waals surface area contributed by atoms with Crippen LogP contribution in [-0.4, -0.2) is 60.9 Å². The van der Waals surface area contributed by atoms with Crippen molar-refractivity contribution in [1.82, 2.24) is 9.80 Å². The van der Waals surface area contributed by atoms with E-state index in [1.165, 1.54) is 141 Å². The summed E-state index contributed by atoms with van der Waals surface area (Å²) >= 11 is 0. The van der Waals surface area contributed by atoms with Gasteiger partial charge in [-0.1, -0.05) is 141 Å². The van der Waals surface area contributed by atoms with E-state index in [4.69, 9.17) is 11.5 Å². The minimum Gasteiger partial charge on any atom is -0.343 e. The van der Waals surface area contributed by atoms with E-state index in [0.717, 1.165) is 77.5 Å². The lowest BCUT2D eigenvalue weighted by molar-refractivity contribution is -0.133. The monoisotopic (exact) mass is 731 g/mol. The van der Waals surface area contributed by atoms with Crippen LogP contribution in [0.15, 0.2) is 24.3 Å². The second-order valence-electron chi connectivity index (χ2n) is 15.4. The van der Waals surface area contributed by atoms with E-state index in [9.17, 15) is 9.59 Å². The van der Waals surface area contributed by atoms with Crippen LogP contribution in [0.4, 0.5) is 0 Å². The van der Waals surface area contributed by atoms with Crippen LogP contribution in [0.25, 0.3) is 0 Å². The Balaban J connectivity index is 4.13. The van der Waals surface area contributed by atoms with Crippen molar-refractivity contribution in [2.24, 2.45) is 11.5 Å². The molecule has 0 spiro atoms. The molecule has 0 heterocycles. The summed E-state index contributed by atoms with van der Waals surface area (Å²) in [7, 11) is 0. The predicted octanol–water partition coefficient (Wildman–Crippen LogP) is 12.2. The highest BCUT2D eigenvalue weighted by molar-refractivity contribution is 5.76. The van der Waals surface area contributed by atoms with Gasteiger partial charge in [0.2, 0.25) is 11.8 Å². The minimum absolute atomic E-state index is 0.270. The van der Waals surface area contributed by atoms with Gasteiger partial charge in [0, 0.05) is 39.0 Å². The number of carbonyl (C=O) groups excluding carboxylic acids is 2. The standard InChI is InChI=1S/C46H90N4O2/c1-3-5-7-9-11-13-15-17-19-21-23-25-27-29-31-37-45(51)49(43-35-39-47)41-33-34-42-50(44-36-40-48)46(52)38-32-30-28-26-24-22-20-18-16-14-12-10-8-6-4-2/h17-20H,3-16,21-44,47-48H2,1-2H3/b19-17-,20-18-. The maximum absolute atomic E-state index is 13.1. The van der Waals surface area contributed by atoms with Crippen molar-refractivity contribution in [3.05, 3.63) is 24.3 Å². The van der Waals surface area contributed by atoms with Crippen LogP contribution < -0.4 is 11.5 Å². The second-order valence-corrected chi connectivity index (χ2v) is 15.4. The average Bonchev–Trinajstić information content (AvgIpc) is 3.15. The van der Waals surface area contributed by atoms with Crippen LogP contribution in [0.3, 0.4) is 0 Å². The number of allylic oxidation sites excluding steroid dienone is 4. The first-order valence-electron chi connectivity index (χ1n) is 22.9. The lowest BCUT2D eigenvalue weighted by Crippen LogP contribution is -2.36. The summed E-state index contributed by atoms with van der Waals surface area (Å²) in [5.74, 6) is 0.540. The van der Waals surface area contributed by atoms with Gasteiger partial charge >= 0.3 is 0 Å². The summed E-state index contributed by atoms with van der Waals surface area (Å²) in [6.07, 6.45) is 47.2. The van der Waals surface area contributed by atoms with E-state index in [2.05, 4.69) is 38.2 Å². The molecule has 0 aliphatic carbocycles. The van der Waals surface area contributed by atoms with Gasteiger partial charge in [0.15, 0.2) is 0 Å². The molecule has 0 bridgehead atoms. The third-order valence-electron chi connectivity index (χ3n) is 10.4. The van der Waals surface area contributed by atoms with E-state index in [1.807, 2.05) is 9.80 Å². The quantitative estimate of drug-likeness (QED) is 0.0484. The molecule has 0 radical (unpaired) electrons. The van der Waals surface area contributed by atoms with Crippen LogP contribution in [0.5, 0.6) is 0 Å². The second kappa shape index (κ2) is 42.1. The third kappa shape index (κ3) is 35.4. The Morgan fingerprint density at radius 1 is 0.365 bits per heavy atom. The van der Waals surface area contributed by atoms with Crippen LogP contribution in [0.1, 0.15) is 219 Å². The first-order chi connectivity index (χ1) is 25.6. The Morgan fingerprint density at radius 2 is 0.635 bits per heavy atom. The molecule has 0 unspecified atom stereocenters. The summed E-state index contributed by atoms with van der Waals surface area (Å²) in [5.41, 5.74) is 11.6. The first kappa shape index (κ1) is 50.3. The van der Waals surface area contributed by atoms with E-state index >= 15 is 0 Å². The fraction of sp³-hybridized carbons (Fsp3) is 0.870. The first-order valence-corrected chi connectivity index (χ1v) is 22.9. The Labute approximate surface area is 324 Å². The molecule has 6 nitrogen and oxygen atoms in total. The highest BCUT2D eigenvalue weighted by Gasteiger charge is 2.15. The number of unbranched alkanes of at least 4 members (excludes halogenated alkanes) is 23. The molecule has 0 saturated carbocycles. The van der Waals surface area contributed by atoms with Crippen molar-refractivity contribution in [2.45, 2.75) is 219 Å². The molecule has 0 rings (SSSR count). The zero-order valence-corrected chi connectivity index (χ0v) is 35.0. The highest BCUT2D eigenvalue weighted by Crippen LogP contribution is 2.14. The van der Waals surface area contributed by atoms with Crippen molar-refractivity contribution < 1.29 is 9.59 Å². The molecule has 0 saturated heterocycles. The van der Waals surface area contributed by atoms with Crippen molar-refractivity contribution >= 4 is 11.8 Å². The molecule has 0 aliphatic rings. The summed E-state index contributed by atoms with van der Waals surface area (Å²) in [5, 5.41) is 0. The Morgan fingerprint density at radius 3 is 0.942 bits per heavy atom. The van der Waals surface area contributed by atoms with Crippen molar-refractivity contribution in [3.63, 3.8) is 0 Å². The Hall–Kier alpha value is -1.66. The Bertz CT molecular complexity index is 748. The maximum Gasteiger partial charge on any atom is 0.222 e. The summed E-state index contributed by atoms with van der Waals surface area (Å²) in [6.45, 7) is 8.76. The number of nitrogens with two attached hydrogens (primary N) is 2. The van der Waals surface area contributed by atoms with Gasteiger partial charge in [-0.25, -0.2) is 0 Å². The van der Waals surface area contributed by atoms with Crippen LogP contribution in [0, 0.1) is 0 Å². The van der Waals surface area contributed by atoms with Gasteiger partial charge in [-0.3, -0.25) is 9.59 Å². The van der Waals surface area contributed by atoms with E-state index < -0.39 is 0 Å². The lowest BCUT2D eigenvalue weighted by Gasteiger charge is -2.25. The molecule has 52 heavy (non-hydrogen) atoms.